The molecule has 1 aromatic carbocycles. The summed E-state index contributed by atoms with van der Waals surface area (Å²) in [5.41, 5.74) is 1.03. The standard InChI is InChI=1S/C7H7Cl2NO/c8-10(9)11-6-7-4-2-1-3-5-7/h1-5H,6H2. The SMILES string of the molecule is ClN(Cl)OCc1ccccc1. The van der Waals surface area contributed by atoms with E-state index >= 15 is 0 Å². The Morgan fingerprint density at radius 3 is 2.36 bits per heavy atom. The van der Waals surface area contributed by atoms with E-state index in [1.807, 2.05) is 30.3 Å². The molecule has 0 radical (unpaired) electrons. The number of hydrogen-bond donors (Lipinski definition) is 0. The van der Waals surface area contributed by atoms with Gasteiger partial charge in [-0.1, -0.05) is 30.3 Å². The number of halogens is 2. The van der Waals surface area contributed by atoms with Gasteiger partial charge in [0.1, 0.15) is 0 Å². The highest BCUT2D eigenvalue weighted by atomic mass is 35.5. The molecule has 0 bridgehead atoms. The van der Waals surface area contributed by atoms with E-state index in [1.54, 1.807) is 0 Å². The second-order valence-corrected chi connectivity index (χ2v) is 2.75. The molecular weight excluding hydrogens is 185 g/mol. The number of hydrogen-bond acceptors (Lipinski definition) is 2. The summed E-state index contributed by atoms with van der Waals surface area (Å²) in [5, 5.41) is 0. The normalized spacial score (nSPS) is 10.5. The van der Waals surface area contributed by atoms with E-state index in [4.69, 9.17) is 28.4 Å². The zero-order valence-corrected chi connectivity index (χ0v) is 7.22. The highest BCUT2D eigenvalue weighted by Gasteiger charge is 1.95. The molecule has 0 N–H and O–H groups in total. The van der Waals surface area contributed by atoms with Gasteiger partial charge in [-0.2, -0.15) is 0 Å². The fourth-order valence-electron chi connectivity index (χ4n) is 0.698. The van der Waals surface area contributed by atoms with Crippen molar-refractivity contribution in [2.75, 3.05) is 0 Å². The molecule has 2 nitrogen and oxygen atoms in total. The highest BCUT2D eigenvalue weighted by Crippen LogP contribution is 2.06. The number of nitrogens with zero attached hydrogens (tertiary/aromatic N) is 1. The van der Waals surface area contributed by atoms with Crippen LogP contribution < -0.4 is 0 Å². The Kier molecular flexibility index (Phi) is 3.66. The Labute approximate surface area is 75.5 Å². The van der Waals surface area contributed by atoms with Crippen molar-refractivity contribution in [2.24, 2.45) is 0 Å². The van der Waals surface area contributed by atoms with Crippen molar-refractivity contribution in [1.82, 2.24) is 4.10 Å². The first-order chi connectivity index (χ1) is 5.29. The van der Waals surface area contributed by atoms with Crippen LogP contribution in [-0.2, 0) is 11.4 Å². The molecule has 0 atom stereocenters. The first-order valence-electron chi connectivity index (χ1n) is 3.07. The molecule has 0 aromatic heterocycles. The van der Waals surface area contributed by atoms with Gasteiger partial charge in [0, 0.05) is 23.6 Å². The van der Waals surface area contributed by atoms with Gasteiger partial charge in [-0.25, -0.2) is 0 Å². The maximum atomic E-state index is 5.20. The van der Waals surface area contributed by atoms with Crippen LogP contribution in [0.1, 0.15) is 5.56 Å². The molecule has 0 saturated heterocycles. The number of benzene rings is 1. The summed E-state index contributed by atoms with van der Waals surface area (Å²) in [5.74, 6) is 0. The third-order valence-electron chi connectivity index (χ3n) is 1.17. The van der Waals surface area contributed by atoms with Gasteiger partial charge in [0.05, 0.1) is 6.61 Å². The van der Waals surface area contributed by atoms with Crippen LogP contribution in [0.3, 0.4) is 0 Å². The molecule has 0 aliphatic carbocycles. The Morgan fingerprint density at radius 1 is 1.18 bits per heavy atom. The lowest BCUT2D eigenvalue weighted by molar-refractivity contribution is -0.0259. The average Bonchev–Trinajstić information content (AvgIpc) is 2.03. The van der Waals surface area contributed by atoms with Crippen LogP contribution in [0.15, 0.2) is 30.3 Å². The minimum Gasteiger partial charge on any atom is -0.264 e. The van der Waals surface area contributed by atoms with Crippen molar-refractivity contribution >= 4 is 23.6 Å². The van der Waals surface area contributed by atoms with Crippen molar-refractivity contribution in [3.63, 3.8) is 0 Å². The van der Waals surface area contributed by atoms with Gasteiger partial charge in [-0.15, -0.1) is 0 Å². The zero-order chi connectivity index (χ0) is 8.10. The lowest BCUT2D eigenvalue weighted by Crippen LogP contribution is -1.99. The minimum atomic E-state index is 0.383. The van der Waals surface area contributed by atoms with E-state index in [9.17, 15) is 0 Å². The molecule has 0 heterocycles. The molecule has 11 heavy (non-hydrogen) atoms. The highest BCUT2D eigenvalue weighted by molar-refractivity contribution is 6.32. The smallest absolute Gasteiger partial charge is 0.0966 e. The van der Waals surface area contributed by atoms with Crippen LogP contribution in [-0.4, -0.2) is 4.10 Å². The van der Waals surface area contributed by atoms with Gasteiger partial charge in [0.25, 0.3) is 0 Å². The van der Waals surface area contributed by atoms with Gasteiger partial charge in [-0.3, -0.25) is 4.84 Å². The number of rotatable bonds is 3. The van der Waals surface area contributed by atoms with Crippen molar-refractivity contribution in [3.8, 4) is 0 Å². The maximum Gasteiger partial charge on any atom is 0.0966 e. The van der Waals surface area contributed by atoms with Crippen molar-refractivity contribution in [2.45, 2.75) is 6.61 Å². The summed E-state index contributed by atoms with van der Waals surface area (Å²) in [7, 11) is 0. The molecule has 0 amide bonds. The summed E-state index contributed by atoms with van der Waals surface area (Å²) >= 11 is 10.4. The molecule has 0 saturated carbocycles. The zero-order valence-electron chi connectivity index (χ0n) is 5.71. The van der Waals surface area contributed by atoms with E-state index in [-0.39, 0.29) is 0 Å². The van der Waals surface area contributed by atoms with E-state index in [1.165, 1.54) is 0 Å². The van der Waals surface area contributed by atoms with Gasteiger partial charge in [-0.05, 0) is 9.66 Å². The average molecular weight is 192 g/mol. The predicted octanol–water partition coefficient (Wildman–Crippen LogP) is 2.73. The molecule has 0 aliphatic heterocycles. The maximum absolute atomic E-state index is 5.20. The summed E-state index contributed by atoms with van der Waals surface area (Å²) in [6.45, 7) is 0.383. The Hall–Kier alpha value is -0.280. The van der Waals surface area contributed by atoms with Crippen molar-refractivity contribution in [3.05, 3.63) is 35.9 Å². The van der Waals surface area contributed by atoms with E-state index < -0.39 is 0 Å². The topological polar surface area (TPSA) is 12.5 Å². The summed E-state index contributed by atoms with van der Waals surface area (Å²) in [4.78, 5) is 4.79. The predicted molar refractivity (Wildman–Crippen MR) is 44.8 cm³/mol. The summed E-state index contributed by atoms with van der Waals surface area (Å²) in [6, 6.07) is 9.63. The first kappa shape index (κ1) is 8.81. The Morgan fingerprint density at radius 2 is 1.82 bits per heavy atom. The first-order valence-corrected chi connectivity index (χ1v) is 3.75. The van der Waals surface area contributed by atoms with Crippen LogP contribution in [0.4, 0.5) is 0 Å². The monoisotopic (exact) mass is 191 g/mol. The van der Waals surface area contributed by atoms with Gasteiger partial charge in [0.15, 0.2) is 0 Å². The lowest BCUT2D eigenvalue weighted by Gasteiger charge is -2.03. The summed E-state index contributed by atoms with van der Waals surface area (Å²) < 4.78 is 0.646. The lowest BCUT2D eigenvalue weighted by atomic mass is 10.2. The van der Waals surface area contributed by atoms with Crippen molar-refractivity contribution in [1.29, 1.82) is 0 Å². The fourth-order valence-corrected chi connectivity index (χ4v) is 0.795. The van der Waals surface area contributed by atoms with E-state index in [2.05, 4.69) is 0 Å². The fraction of sp³-hybridized carbons (Fsp3) is 0.143. The molecule has 0 fully saturated rings. The largest absolute Gasteiger partial charge is 0.264 e. The minimum absolute atomic E-state index is 0.383. The van der Waals surface area contributed by atoms with Crippen LogP contribution >= 0.6 is 23.6 Å². The van der Waals surface area contributed by atoms with Crippen LogP contribution in [0, 0.1) is 0 Å². The van der Waals surface area contributed by atoms with E-state index in [0.29, 0.717) is 10.7 Å². The molecule has 0 unspecified atom stereocenters. The van der Waals surface area contributed by atoms with Gasteiger partial charge in [0.2, 0.25) is 0 Å². The molecule has 4 heteroatoms. The van der Waals surface area contributed by atoms with Gasteiger partial charge >= 0.3 is 0 Å². The van der Waals surface area contributed by atoms with Gasteiger partial charge < -0.3 is 0 Å². The molecule has 0 spiro atoms. The second-order valence-electron chi connectivity index (χ2n) is 1.96. The quantitative estimate of drug-likeness (QED) is 0.539. The van der Waals surface area contributed by atoms with Crippen LogP contribution in [0.2, 0.25) is 0 Å². The molecular formula is C7H7Cl2NO. The van der Waals surface area contributed by atoms with E-state index in [0.717, 1.165) is 5.56 Å². The van der Waals surface area contributed by atoms with Crippen LogP contribution in [0.5, 0.6) is 0 Å². The Bertz CT molecular complexity index is 203. The summed E-state index contributed by atoms with van der Waals surface area (Å²) in [6.07, 6.45) is 0. The molecule has 1 rings (SSSR count). The Balaban J connectivity index is 2.39. The van der Waals surface area contributed by atoms with Crippen LogP contribution in [0.25, 0.3) is 0 Å². The molecule has 60 valence electrons. The molecule has 0 aliphatic rings. The molecule has 1 aromatic rings. The third-order valence-corrected chi connectivity index (χ3v) is 1.37. The second kappa shape index (κ2) is 4.57. The third kappa shape index (κ3) is 3.58. The van der Waals surface area contributed by atoms with Crippen molar-refractivity contribution < 1.29 is 4.84 Å².